The number of rotatable bonds is 3. The molecule has 1 amide bonds. The third-order valence-corrected chi connectivity index (χ3v) is 5.86. The van der Waals surface area contributed by atoms with Gasteiger partial charge < -0.3 is 5.32 Å². The van der Waals surface area contributed by atoms with E-state index in [4.69, 9.17) is 0 Å². The maximum Gasteiger partial charge on any atom is 0.228 e. The number of nitrogens with zero attached hydrogens (tertiary/aromatic N) is 1. The molecule has 1 saturated carbocycles. The lowest BCUT2D eigenvalue weighted by molar-refractivity contribution is -0.120. The number of nitrogens with one attached hydrogen (secondary N) is 1. The lowest BCUT2D eigenvalue weighted by Gasteiger charge is -2.35. The SMILES string of the molecule is O=C(NC1=NCC2=C1C=CC(c1ccccc1)(c1ccccc1)C2)C1CC1. The maximum absolute atomic E-state index is 12.2. The van der Waals surface area contributed by atoms with E-state index in [2.05, 4.69) is 83.1 Å². The van der Waals surface area contributed by atoms with Gasteiger partial charge in [-0.1, -0.05) is 72.8 Å². The van der Waals surface area contributed by atoms with Crippen molar-refractivity contribution in [1.82, 2.24) is 5.32 Å². The summed E-state index contributed by atoms with van der Waals surface area (Å²) >= 11 is 0. The highest BCUT2D eigenvalue weighted by Crippen LogP contribution is 2.44. The third kappa shape index (κ3) is 2.84. The summed E-state index contributed by atoms with van der Waals surface area (Å²) in [5.41, 5.74) is 4.79. The van der Waals surface area contributed by atoms with E-state index < -0.39 is 0 Å². The van der Waals surface area contributed by atoms with E-state index in [1.54, 1.807) is 0 Å². The Morgan fingerprint density at radius 1 is 0.963 bits per heavy atom. The van der Waals surface area contributed by atoms with Gasteiger partial charge in [-0.05, 0) is 36.0 Å². The molecule has 1 aliphatic heterocycles. The van der Waals surface area contributed by atoms with Crippen LogP contribution in [0.4, 0.5) is 0 Å². The van der Waals surface area contributed by atoms with Crippen LogP contribution in [0.3, 0.4) is 0 Å². The molecule has 0 aromatic heterocycles. The van der Waals surface area contributed by atoms with Gasteiger partial charge in [-0.15, -0.1) is 0 Å². The Balaban J connectivity index is 1.50. The second kappa shape index (κ2) is 6.34. The molecule has 2 aromatic carbocycles. The number of hydrogen-bond acceptors (Lipinski definition) is 2. The first-order valence-electron chi connectivity index (χ1n) is 9.64. The Bertz CT molecular complexity index is 926. The summed E-state index contributed by atoms with van der Waals surface area (Å²) < 4.78 is 0. The van der Waals surface area contributed by atoms with E-state index in [0.717, 1.165) is 30.7 Å². The molecule has 3 nitrogen and oxygen atoms in total. The first kappa shape index (κ1) is 16.2. The van der Waals surface area contributed by atoms with Crippen LogP contribution in [0.2, 0.25) is 0 Å². The highest BCUT2D eigenvalue weighted by Gasteiger charge is 2.38. The average molecular weight is 354 g/mol. The molecule has 5 rings (SSSR count). The Hall–Kier alpha value is -2.94. The fraction of sp³-hybridized carbons (Fsp3) is 0.250. The van der Waals surface area contributed by atoms with Crippen LogP contribution >= 0.6 is 0 Å². The van der Waals surface area contributed by atoms with Crippen LogP contribution in [0.5, 0.6) is 0 Å². The van der Waals surface area contributed by atoms with Gasteiger partial charge >= 0.3 is 0 Å². The molecule has 1 fully saturated rings. The molecular formula is C24H22N2O. The summed E-state index contributed by atoms with van der Waals surface area (Å²) in [5, 5.41) is 3.05. The molecule has 0 atom stereocenters. The van der Waals surface area contributed by atoms with Crippen LogP contribution < -0.4 is 5.32 Å². The van der Waals surface area contributed by atoms with Gasteiger partial charge in [0.1, 0.15) is 5.84 Å². The van der Waals surface area contributed by atoms with Crippen molar-refractivity contribution in [2.45, 2.75) is 24.7 Å². The zero-order valence-corrected chi connectivity index (χ0v) is 15.2. The van der Waals surface area contributed by atoms with Crippen LogP contribution in [0, 0.1) is 5.92 Å². The van der Waals surface area contributed by atoms with Gasteiger partial charge in [-0.25, -0.2) is 0 Å². The number of hydrogen-bond donors (Lipinski definition) is 1. The second-order valence-corrected chi connectivity index (χ2v) is 7.66. The summed E-state index contributed by atoms with van der Waals surface area (Å²) in [7, 11) is 0. The Kier molecular flexibility index (Phi) is 3.82. The van der Waals surface area contributed by atoms with E-state index >= 15 is 0 Å². The molecule has 2 aliphatic carbocycles. The van der Waals surface area contributed by atoms with Gasteiger partial charge in [0, 0.05) is 16.9 Å². The number of carbonyl (C=O) groups is 1. The monoisotopic (exact) mass is 354 g/mol. The Morgan fingerprint density at radius 2 is 1.59 bits per heavy atom. The number of amides is 1. The van der Waals surface area contributed by atoms with Gasteiger partial charge in [-0.2, -0.15) is 0 Å². The lowest BCUT2D eigenvalue weighted by Crippen LogP contribution is -2.33. The van der Waals surface area contributed by atoms with Crippen molar-refractivity contribution in [2.24, 2.45) is 10.9 Å². The van der Waals surface area contributed by atoms with Crippen LogP contribution in [-0.4, -0.2) is 18.3 Å². The van der Waals surface area contributed by atoms with Crippen molar-refractivity contribution in [1.29, 1.82) is 0 Å². The summed E-state index contributed by atoms with van der Waals surface area (Å²) in [5.74, 6) is 1.07. The molecule has 2 aromatic rings. The van der Waals surface area contributed by atoms with Crippen LogP contribution in [0.1, 0.15) is 30.4 Å². The minimum absolute atomic E-state index is 0.124. The topological polar surface area (TPSA) is 41.5 Å². The fourth-order valence-corrected chi connectivity index (χ4v) is 4.19. The van der Waals surface area contributed by atoms with Gasteiger partial charge in [-0.3, -0.25) is 9.79 Å². The first-order chi connectivity index (χ1) is 13.3. The largest absolute Gasteiger partial charge is 0.310 e. The van der Waals surface area contributed by atoms with E-state index in [1.165, 1.54) is 16.7 Å². The molecule has 3 heteroatoms. The predicted molar refractivity (Wildman–Crippen MR) is 108 cm³/mol. The van der Waals surface area contributed by atoms with Crippen molar-refractivity contribution in [3.8, 4) is 0 Å². The maximum atomic E-state index is 12.2. The van der Waals surface area contributed by atoms with E-state index in [-0.39, 0.29) is 17.2 Å². The summed E-state index contributed by atoms with van der Waals surface area (Å²) in [6.45, 7) is 0.668. The Morgan fingerprint density at radius 3 is 2.19 bits per heavy atom. The molecule has 27 heavy (non-hydrogen) atoms. The minimum atomic E-state index is -0.188. The molecule has 1 N–H and O–H groups in total. The second-order valence-electron chi connectivity index (χ2n) is 7.66. The van der Waals surface area contributed by atoms with E-state index in [0.29, 0.717) is 6.54 Å². The van der Waals surface area contributed by atoms with Crippen LogP contribution in [0.25, 0.3) is 0 Å². The van der Waals surface area contributed by atoms with Crippen molar-refractivity contribution in [3.63, 3.8) is 0 Å². The van der Waals surface area contributed by atoms with Crippen molar-refractivity contribution < 1.29 is 4.79 Å². The molecule has 0 saturated heterocycles. The highest BCUT2D eigenvalue weighted by molar-refractivity contribution is 6.12. The fourth-order valence-electron chi connectivity index (χ4n) is 4.19. The molecule has 3 aliphatic rings. The number of amidine groups is 1. The molecule has 0 spiro atoms. The quantitative estimate of drug-likeness (QED) is 0.883. The standard InChI is InChI=1S/C24H22N2O/c27-23(17-11-12-17)26-22-21-13-14-24(15-18(21)16-25-22,19-7-3-1-4-8-19)20-9-5-2-6-10-20/h1-10,13-14,17H,11-12,15-16H2,(H,25,26,27). The van der Waals surface area contributed by atoms with Gasteiger partial charge in [0.25, 0.3) is 0 Å². The van der Waals surface area contributed by atoms with Crippen molar-refractivity contribution in [3.05, 3.63) is 95.1 Å². The molecule has 1 heterocycles. The molecule has 0 radical (unpaired) electrons. The smallest absolute Gasteiger partial charge is 0.228 e. The number of carbonyl (C=O) groups excluding carboxylic acids is 1. The summed E-state index contributed by atoms with van der Waals surface area (Å²) in [6.07, 6.45) is 7.36. The summed E-state index contributed by atoms with van der Waals surface area (Å²) in [4.78, 5) is 16.8. The number of aliphatic imine (C=N–C) groups is 1. The zero-order chi connectivity index (χ0) is 18.3. The van der Waals surface area contributed by atoms with E-state index in [9.17, 15) is 4.79 Å². The van der Waals surface area contributed by atoms with Crippen LogP contribution in [0.15, 0.2) is 89.0 Å². The molecule has 0 unspecified atom stereocenters. The lowest BCUT2D eigenvalue weighted by atomic mass is 9.67. The minimum Gasteiger partial charge on any atom is -0.310 e. The number of allylic oxidation sites excluding steroid dienone is 1. The predicted octanol–water partition coefficient (Wildman–Crippen LogP) is 4.17. The highest BCUT2D eigenvalue weighted by atomic mass is 16.2. The number of benzene rings is 2. The Labute approximate surface area is 159 Å². The first-order valence-corrected chi connectivity index (χ1v) is 9.64. The van der Waals surface area contributed by atoms with E-state index in [1.807, 2.05) is 0 Å². The normalized spacial score (nSPS) is 20.2. The van der Waals surface area contributed by atoms with Gasteiger partial charge in [0.2, 0.25) is 5.91 Å². The van der Waals surface area contributed by atoms with Gasteiger partial charge in [0.15, 0.2) is 0 Å². The summed E-state index contributed by atoms with van der Waals surface area (Å²) in [6, 6.07) is 21.3. The molecule has 134 valence electrons. The third-order valence-electron chi connectivity index (χ3n) is 5.86. The van der Waals surface area contributed by atoms with Crippen molar-refractivity contribution >= 4 is 11.7 Å². The average Bonchev–Trinajstić information content (AvgIpc) is 3.52. The zero-order valence-electron chi connectivity index (χ0n) is 15.2. The molecular weight excluding hydrogens is 332 g/mol. The van der Waals surface area contributed by atoms with Gasteiger partial charge in [0.05, 0.1) is 6.54 Å². The molecule has 0 bridgehead atoms. The van der Waals surface area contributed by atoms with Crippen molar-refractivity contribution in [2.75, 3.05) is 6.54 Å². The van der Waals surface area contributed by atoms with Crippen LogP contribution in [-0.2, 0) is 10.2 Å².